The minimum absolute atomic E-state index is 0.0547. The SMILES string of the molecule is CCCCCC1(C)CC(N)c2ccc(F)cc2O1. The van der Waals surface area contributed by atoms with Crippen molar-refractivity contribution >= 4 is 0 Å². The largest absolute Gasteiger partial charge is 0.487 e. The van der Waals surface area contributed by atoms with Crippen molar-refractivity contribution in [3.05, 3.63) is 29.6 Å². The molecule has 0 radical (unpaired) electrons. The molecule has 0 fully saturated rings. The molecule has 2 atom stereocenters. The molecule has 1 heterocycles. The third-order valence-electron chi connectivity index (χ3n) is 3.69. The molecule has 1 aliphatic heterocycles. The van der Waals surface area contributed by atoms with E-state index in [1.807, 2.05) is 0 Å². The summed E-state index contributed by atoms with van der Waals surface area (Å²) in [5, 5.41) is 0. The van der Waals surface area contributed by atoms with Crippen molar-refractivity contribution in [1.29, 1.82) is 0 Å². The van der Waals surface area contributed by atoms with Gasteiger partial charge in [-0.2, -0.15) is 0 Å². The van der Waals surface area contributed by atoms with Gasteiger partial charge in [0.05, 0.1) is 0 Å². The van der Waals surface area contributed by atoms with Crippen molar-refractivity contribution in [3.63, 3.8) is 0 Å². The average Bonchev–Trinajstić information content (AvgIpc) is 2.28. The van der Waals surface area contributed by atoms with Crippen molar-refractivity contribution in [2.24, 2.45) is 5.73 Å². The molecule has 3 heteroatoms. The Morgan fingerprint density at radius 2 is 2.22 bits per heavy atom. The third-order valence-corrected chi connectivity index (χ3v) is 3.69. The Morgan fingerprint density at radius 3 is 2.94 bits per heavy atom. The Hall–Kier alpha value is -1.09. The van der Waals surface area contributed by atoms with Gasteiger partial charge in [-0.3, -0.25) is 0 Å². The molecule has 0 spiro atoms. The Labute approximate surface area is 108 Å². The number of hydrogen-bond acceptors (Lipinski definition) is 2. The quantitative estimate of drug-likeness (QED) is 0.822. The van der Waals surface area contributed by atoms with Gasteiger partial charge in [-0.15, -0.1) is 0 Å². The van der Waals surface area contributed by atoms with Gasteiger partial charge in [0.2, 0.25) is 0 Å². The van der Waals surface area contributed by atoms with Crippen LogP contribution in [0.2, 0.25) is 0 Å². The number of rotatable bonds is 4. The normalized spacial score (nSPS) is 26.6. The zero-order valence-electron chi connectivity index (χ0n) is 11.2. The van der Waals surface area contributed by atoms with Crippen molar-refractivity contribution in [1.82, 2.24) is 0 Å². The highest BCUT2D eigenvalue weighted by Gasteiger charge is 2.35. The molecule has 1 aromatic rings. The van der Waals surface area contributed by atoms with Crippen LogP contribution in [0.5, 0.6) is 5.75 Å². The summed E-state index contributed by atoms with van der Waals surface area (Å²) < 4.78 is 19.3. The second kappa shape index (κ2) is 5.27. The molecule has 1 aliphatic rings. The predicted octanol–water partition coefficient (Wildman–Crippen LogP) is 3.95. The smallest absolute Gasteiger partial charge is 0.127 e. The van der Waals surface area contributed by atoms with Gasteiger partial charge in [0.25, 0.3) is 0 Å². The minimum atomic E-state index is -0.265. The second-order valence-corrected chi connectivity index (χ2v) is 5.50. The summed E-state index contributed by atoms with van der Waals surface area (Å²) in [4.78, 5) is 0. The fourth-order valence-electron chi connectivity index (χ4n) is 2.69. The summed E-state index contributed by atoms with van der Waals surface area (Å²) in [6.07, 6.45) is 5.29. The van der Waals surface area contributed by atoms with E-state index in [-0.39, 0.29) is 17.5 Å². The lowest BCUT2D eigenvalue weighted by Crippen LogP contribution is -2.40. The molecular formula is C15H22FNO. The summed E-state index contributed by atoms with van der Waals surface area (Å²) >= 11 is 0. The number of ether oxygens (including phenoxy) is 1. The van der Waals surface area contributed by atoms with Crippen LogP contribution in [0.25, 0.3) is 0 Å². The molecule has 0 aromatic heterocycles. The molecule has 0 saturated heterocycles. The molecule has 0 saturated carbocycles. The number of unbranched alkanes of at least 4 members (excludes halogenated alkanes) is 2. The molecule has 2 N–H and O–H groups in total. The first-order valence-electron chi connectivity index (χ1n) is 6.78. The van der Waals surface area contributed by atoms with E-state index in [9.17, 15) is 4.39 Å². The lowest BCUT2D eigenvalue weighted by Gasteiger charge is -2.39. The number of nitrogens with two attached hydrogens (primary N) is 1. The van der Waals surface area contributed by atoms with E-state index >= 15 is 0 Å². The van der Waals surface area contributed by atoms with Crippen LogP contribution in [-0.2, 0) is 0 Å². The maximum absolute atomic E-state index is 13.3. The van der Waals surface area contributed by atoms with Crippen LogP contribution in [0.3, 0.4) is 0 Å². The molecule has 1 aromatic carbocycles. The molecule has 100 valence electrons. The van der Waals surface area contributed by atoms with E-state index < -0.39 is 0 Å². The minimum Gasteiger partial charge on any atom is -0.487 e. The topological polar surface area (TPSA) is 35.2 Å². The van der Waals surface area contributed by atoms with Gasteiger partial charge in [-0.25, -0.2) is 4.39 Å². The van der Waals surface area contributed by atoms with Crippen molar-refractivity contribution in [2.45, 2.75) is 57.6 Å². The van der Waals surface area contributed by atoms with E-state index in [2.05, 4.69) is 13.8 Å². The number of benzene rings is 1. The monoisotopic (exact) mass is 251 g/mol. The van der Waals surface area contributed by atoms with Crippen LogP contribution in [-0.4, -0.2) is 5.60 Å². The van der Waals surface area contributed by atoms with E-state index in [1.165, 1.54) is 25.0 Å². The first-order valence-corrected chi connectivity index (χ1v) is 6.78. The Morgan fingerprint density at radius 1 is 1.44 bits per heavy atom. The molecule has 2 rings (SSSR count). The van der Waals surface area contributed by atoms with Gasteiger partial charge in [0.1, 0.15) is 17.2 Å². The van der Waals surface area contributed by atoms with Crippen LogP contribution in [0.4, 0.5) is 4.39 Å². The number of fused-ring (bicyclic) bond motifs is 1. The molecule has 2 nitrogen and oxygen atoms in total. The van der Waals surface area contributed by atoms with Crippen LogP contribution in [0.15, 0.2) is 18.2 Å². The van der Waals surface area contributed by atoms with Crippen LogP contribution < -0.4 is 10.5 Å². The van der Waals surface area contributed by atoms with Crippen molar-refractivity contribution < 1.29 is 9.13 Å². The van der Waals surface area contributed by atoms with Gasteiger partial charge in [-0.05, 0) is 25.8 Å². The molecule has 18 heavy (non-hydrogen) atoms. The maximum Gasteiger partial charge on any atom is 0.127 e. The summed E-state index contributed by atoms with van der Waals surface area (Å²) in [5.74, 6) is 0.353. The first kappa shape index (κ1) is 13.3. The Balaban J connectivity index is 2.15. The molecule has 0 bridgehead atoms. The standard InChI is InChI=1S/C15H22FNO/c1-3-4-5-8-15(2)10-13(17)12-7-6-11(16)9-14(12)18-15/h6-7,9,13H,3-5,8,10,17H2,1-2H3. The first-order chi connectivity index (χ1) is 8.54. The predicted molar refractivity (Wildman–Crippen MR) is 71.1 cm³/mol. The molecular weight excluding hydrogens is 229 g/mol. The van der Waals surface area contributed by atoms with Gasteiger partial charge in [0.15, 0.2) is 0 Å². The highest BCUT2D eigenvalue weighted by Crippen LogP contribution is 2.40. The fraction of sp³-hybridized carbons (Fsp3) is 0.600. The van der Waals surface area contributed by atoms with Gasteiger partial charge in [0, 0.05) is 24.1 Å². The summed E-state index contributed by atoms with van der Waals surface area (Å²) in [7, 11) is 0. The lowest BCUT2D eigenvalue weighted by molar-refractivity contribution is 0.0427. The van der Waals surface area contributed by atoms with Gasteiger partial charge < -0.3 is 10.5 Å². The molecule has 2 unspecified atom stereocenters. The van der Waals surface area contributed by atoms with Crippen LogP contribution >= 0.6 is 0 Å². The zero-order valence-corrected chi connectivity index (χ0v) is 11.2. The highest BCUT2D eigenvalue weighted by atomic mass is 19.1. The Kier molecular flexibility index (Phi) is 3.91. The highest BCUT2D eigenvalue weighted by molar-refractivity contribution is 5.39. The van der Waals surface area contributed by atoms with E-state index in [1.54, 1.807) is 6.07 Å². The van der Waals surface area contributed by atoms with Crippen molar-refractivity contribution in [2.75, 3.05) is 0 Å². The average molecular weight is 251 g/mol. The van der Waals surface area contributed by atoms with Crippen molar-refractivity contribution in [3.8, 4) is 5.75 Å². The van der Waals surface area contributed by atoms with Gasteiger partial charge >= 0.3 is 0 Å². The lowest BCUT2D eigenvalue weighted by atomic mass is 9.85. The van der Waals surface area contributed by atoms with Crippen LogP contribution in [0, 0.1) is 5.82 Å². The fourth-order valence-corrected chi connectivity index (χ4v) is 2.69. The summed E-state index contributed by atoms with van der Waals surface area (Å²) in [6.45, 7) is 4.26. The second-order valence-electron chi connectivity index (χ2n) is 5.50. The molecule has 0 aliphatic carbocycles. The Bertz CT molecular complexity index is 421. The van der Waals surface area contributed by atoms with E-state index in [0.29, 0.717) is 5.75 Å². The third kappa shape index (κ3) is 2.83. The zero-order chi connectivity index (χ0) is 13.2. The van der Waals surface area contributed by atoms with Gasteiger partial charge in [-0.1, -0.05) is 25.8 Å². The van der Waals surface area contributed by atoms with E-state index in [0.717, 1.165) is 24.8 Å². The number of hydrogen-bond donors (Lipinski definition) is 1. The van der Waals surface area contributed by atoms with Crippen LogP contribution in [0.1, 0.15) is 57.6 Å². The van der Waals surface area contributed by atoms with E-state index in [4.69, 9.17) is 10.5 Å². The number of halogens is 1. The summed E-state index contributed by atoms with van der Waals surface area (Å²) in [6, 6.07) is 4.58. The maximum atomic E-state index is 13.3. The molecule has 0 amide bonds. The summed E-state index contributed by atoms with van der Waals surface area (Å²) in [5.41, 5.74) is 6.84.